The Kier molecular flexibility index (Phi) is 4.14. The number of halogens is 1. The number of ether oxygens (including phenoxy) is 1. The molecule has 3 nitrogen and oxygen atoms in total. The summed E-state index contributed by atoms with van der Waals surface area (Å²) in [4.78, 5) is 14.3. The number of anilines is 1. The number of fused-ring (bicyclic) bond motifs is 1. The third-order valence-electron chi connectivity index (χ3n) is 3.63. The van der Waals surface area contributed by atoms with E-state index < -0.39 is 0 Å². The molecule has 0 N–H and O–H groups in total. The highest BCUT2D eigenvalue weighted by atomic mass is 127. The molecule has 2 aromatic rings. The van der Waals surface area contributed by atoms with Gasteiger partial charge in [-0.05, 0) is 65.8 Å². The Morgan fingerprint density at radius 2 is 2.10 bits per heavy atom. The predicted octanol–water partition coefficient (Wildman–Crippen LogP) is 3.65. The van der Waals surface area contributed by atoms with Crippen LogP contribution in [0.4, 0.5) is 5.69 Å². The van der Waals surface area contributed by atoms with Crippen molar-refractivity contribution >= 4 is 34.2 Å². The lowest BCUT2D eigenvalue weighted by Crippen LogP contribution is -2.39. The van der Waals surface area contributed by atoms with E-state index in [0.29, 0.717) is 0 Å². The van der Waals surface area contributed by atoms with Crippen LogP contribution in [0, 0.1) is 3.57 Å². The van der Waals surface area contributed by atoms with Gasteiger partial charge < -0.3 is 9.64 Å². The van der Waals surface area contributed by atoms with Gasteiger partial charge in [-0.15, -0.1) is 0 Å². The number of hydrogen-bond donors (Lipinski definition) is 0. The molecule has 1 aliphatic rings. The van der Waals surface area contributed by atoms with Crippen LogP contribution in [-0.4, -0.2) is 18.6 Å². The second-order valence-electron chi connectivity index (χ2n) is 5.19. The van der Waals surface area contributed by atoms with E-state index in [1.165, 1.54) is 5.56 Å². The van der Waals surface area contributed by atoms with Gasteiger partial charge in [0.05, 0.1) is 0 Å². The first kappa shape index (κ1) is 14.4. The van der Waals surface area contributed by atoms with Crippen LogP contribution in [0.15, 0.2) is 48.5 Å². The molecular formula is C17H16INO2. The number of carbonyl (C=O) groups is 1. The molecule has 0 saturated heterocycles. The van der Waals surface area contributed by atoms with Gasteiger partial charge in [-0.1, -0.05) is 24.3 Å². The molecule has 0 fully saturated rings. The van der Waals surface area contributed by atoms with Crippen LogP contribution in [0.5, 0.6) is 5.75 Å². The quantitative estimate of drug-likeness (QED) is 0.746. The predicted molar refractivity (Wildman–Crippen MR) is 91.7 cm³/mol. The van der Waals surface area contributed by atoms with Crippen molar-refractivity contribution in [1.82, 2.24) is 0 Å². The van der Waals surface area contributed by atoms with Gasteiger partial charge in [-0.25, -0.2) is 0 Å². The molecule has 0 aromatic heterocycles. The zero-order valence-electron chi connectivity index (χ0n) is 11.8. The van der Waals surface area contributed by atoms with Gasteiger partial charge in [0.25, 0.3) is 5.91 Å². The van der Waals surface area contributed by atoms with Gasteiger partial charge in [-0.3, -0.25) is 4.79 Å². The first-order chi connectivity index (χ1) is 10.1. The van der Waals surface area contributed by atoms with E-state index in [0.717, 1.165) is 21.4 Å². The summed E-state index contributed by atoms with van der Waals surface area (Å²) in [5.41, 5.74) is 2.24. The first-order valence-corrected chi connectivity index (χ1v) is 8.01. The smallest absolute Gasteiger partial charge is 0.265 e. The Labute approximate surface area is 138 Å². The summed E-state index contributed by atoms with van der Waals surface area (Å²) in [6.07, 6.45) is 0.908. The average Bonchev–Trinajstić information content (AvgIpc) is 2.81. The summed E-state index contributed by atoms with van der Waals surface area (Å²) in [5, 5.41) is 0. The molecule has 0 radical (unpaired) electrons. The summed E-state index contributed by atoms with van der Waals surface area (Å²) in [6, 6.07) is 16.0. The molecule has 21 heavy (non-hydrogen) atoms. The lowest BCUT2D eigenvalue weighted by atomic mass is 10.1. The fraction of sp³-hybridized carbons (Fsp3) is 0.235. The van der Waals surface area contributed by atoms with Crippen molar-refractivity contribution in [3.05, 3.63) is 57.7 Å². The lowest BCUT2D eigenvalue weighted by molar-refractivity contribution is -0.120. The second-order valence-corrected chi connectivity index (χ2v) is 6.44. The van der Waals surface area contributed by atoms with Crippen LogP contribution in [0.1, 0.15) is 12.5 Å². The summed E-state index contributed by atoms with van der Waals surface area (Å²) in [6.45, 7) is 2.14. The summed E-state index contributed by atoms with van der Waals surface area (Å²) in [5.74, 6) is 0.738. The summed E-state index contributed by atoms with van der Waals surface area (Å²) in [7, 11) is 0. The van der Waals surface area contributed by atoms with Crippen LogP contribution < -0.4 is 9.64 Å². The number of nitrogens with zero attached hydrogens (tertiary/aromatic N) is 1. The van der Waals surface area contributed by atoms with Crippen LogP contribution in [-0.2, 0) is 11.2 Å². The number of carbonyl (C=O) groups excluding carboxylic acids is 1. The average molecular weight is 393 g/mol. The second kappa shape index (κ2) is 6.05. The lowest BCUT2D eigenvalue weighted by Gasteiger charge is -2.22. The van der Waals surface area contributed by atoms with Crippen molar-refractivity contribution in [2.75, 3.05) is 11.5 Å². The Morgan fingerprint density at radius 1 is 1.29 bits per heavy atom. The van der Waals surface area contributed by atoms with Crippen molar-refractivity contribution in [3.63, 3.8) is 0 Å². The minimum absolute atomic E-state index is 0.00584. The Morgan fingerprint density at radius 3 is 2.90 bits per heavy atom. The highest BCUT2D eigenvalue weighted by Crippen LogP contribution is 2.31. The molecular weight excluding hydrogens is 377 g/mol. The van der Waals surface area contributed by atoms with E-state index in [1.54, 1.807) is 0 Å². The van der Waals surface area contributed by atoms with E-state index in [4.69, 9.17) is 4.74 Å². The number of hydrogen-bond acceptors (Lipinski definition) is 2. The highest BCUT2D eigenvalue weighted by molar-refractivity contribution is 14.1. The van der Waals surface area contributed by atoms with Gasteiger partial charge in [0.2, 0.25) is 0 Å². The minimum atomic E-state index is 0.00584. The molecule has 0 spiro atoms. The highest BCUT2D eigenvalue weighted by Gasteiger charge is 2.30. The van der Waals surface area contributed by atoms with Crippen molar-refractivity contribution in [2.45, 2.75) is 19.4 Å². The van der Waals surface area contributed by atoms with Crippen molar-refractivity contribution in [2.24, 2.45) is 0 Å². The van der Waals surface area contributed by atoms with Crippen LogP contribution in [0.25, 0.3) is 0 Å². The van der Waals surface area contributed by atoms with Crippen LogP contribution in [0.2, 0.25) is 0 Å². The van der Waals surface area contributed by atoms with Gasteiger partial charge in [-0.2, -0.15) is 0 Å². The molecule has 2 aromatic carbocycles. The molecule has 0 unspecified atom stereocenters. The molecule has 0 bridgehead atoms. The van der Waals surface area contributed by atoms with Crippen molar-refractivity contribution in [3.8, 4) is 5.75 Å². The Balaban J connectivity index is 1.71. The zero-order valence-corrected chi connectivity index (χ0v) is 13.9. The molecule has 4 heteroatoms. The molecule has 3 rings (SSSR count). The minimum Gasteiger partial charge on any atom is -0.484 e. The molecule has 1 aliphatic heterocycles. The van der Waals surface area contributed by atoms with Gasteiger partial charge in [0.15, 0.2) is 6.61 Å². The molecule has 1 amide bonds. The fourth-order valence-electron chi connectivity index (χ4n) is 2.72. The maximum absolute atomic E-state index is 12.5. The number of benzene rings is 2. The molecule has 0 aliphatic carbocycles. The van der Waals surface area contributed by atoms with E-state index in [9.17, 15) is 4.79 Å². The third kappa shape index (κ3) is 3.05. The van der Waals surface area contributed by atoms with Gasteiger partial charge in [0, 0.05) is 15.3 Å². The fourth-order valence-corrected chi connectivity index (χ4v) is 3.23. The van der Waals surface area contributed by atoms with E-state index in [2.05, 4.69) is 35.6 Å². The van der Waals surface area contributed by atoms with E-state index >= 15 is 0 Å². The molecule has 1 heterocycles. The van der Waals surface area contributed by atoms with Gasteiger partial charge >= 0.3 is 0 Å². The van der Waals surface area contributed by atoms with E-state index in [-0.39, 0.29) is 18.6 Å². The first-order valence-electron chi connectivity index (χ1n) is 6.93. The monoisotopic (exact) mass is 393 g/mol. The molecule has 1 atom stereocenters. The van der Waals surface area contributed by atoms with Crippen LogP contribution in [0.3, 0.4) is 0 Å². The Bertz CT molecular complexity index is 671. The van der Waals surface area contributed by atoms with Crippen molar-refractivity contribution < 1.29 is 9.53 Å². The third-order valence-corrected chi connectivity index (χ3v) is 4.31. The molecule has 0 saturated carbocycles. The number of rotatable bonds is 3. The number of amides is 1. The maximum Gasteiger partial charge on any atom is 0.265 e. The summed E-state index contributed by atoms with van der Waals surface area (Å²) >= 11 is 2.23. The normalized spacial score (nSPS) is 16.7. The standard InChI is InChI=1S/C17H16INO2/c1-12-9-13-5-2-3-8-16(13)19(12)17(20)11-21-15-7-4-6-14(18)10-15/h2-8,10,12H,9,11H2,1H3/t12-/m1/s1. The topological polar surface area (TPSA) is 29.5 Å². The Hall–Kier alpha value is -1.56. The van der Waals surface area contributed by atoms with Gasteiger partial charge in [0.1, 0.15) is 5.75 Å². The van der Waals surface area contributed by atoms with E-state index in [1.807, 2.05) is 47.4 Å². The largest absolute Gasteiger partial charge is 0.484 e. The van der Waals surface area contributed by atoms with Crippen LogP contribution >= 0.6 is 22.6 Å². The SMILES string of the molecule is C[C@@H]1Cc2ccccc2N1C(=O)COc1cccc(I)c1. The summed E-state index contributed by atoms with van der Waals surface area (Å²) < 4.78 is 6.72. The maximum atomic E-state index is 12.5. The molecule has 108 valence electrons. The zero-order chi connectivity index (χ0) is 14.8. The number of para-hydroxylation sites is 1. The van der Waals surface area contributed by atoms with Crippen molar-refractivity contribution in [1.29, 1.82) is 0 Å².